The molecule has 8 heteroatoms. The Hall–Kier alpha value is -2.35. The van der Waals surface area contributed by atoms with Gasteiger partial charge >= 0.3 is 0 Å². The van der Waals surface area contributed by atoms with E-state index in [1.165, 1.54) is 11.3 Å². The van der Waals surface area contributed by atoms with E-state index in [-0.39, 0.29) is 17.4 Å². The van der Waals surface area contributed by atoms with Gasteiger partial charge in [0.1, 0.15) is 17.9 Å². The molecule has 1 aliphatic rings. The standard InChI is InChI=1S/C20H27N3O4S/c1-5-26-16-9-15(18-13(22-16)6-7-28-18)27-12-8-14(19(21)25)23(11-12)17(24)10-20(2,3)4/h6-7,9,12,14H,5,8,10-11H2,1-4H3,(H2,21,25)/t12-,14+/m1/s1. The molecule has 0 aliphatic carbocycles. The van der Waals surface area contributed by atoms with Crippen LogP contribution in [0.4, 0.5) is 0 Å². The lowest BCUT2D eigenvalue weighted by Crippen LogP contribution is -2.44. The number of carbonyl (C=O) groups excluding carboxylic acids is 2. The summed E-state index contributed by atoms with van der Waals surface area (Å²) in [6.07, 6.45) is 0.413. The SMILES string of the molecule is CCOc1cc(O[C@@H]2C[C@@H](C(N)=O)N(C(=O)CC(C)(C)C)C2)c2sccc2n1. The molecule has 1 aliphatic heterocycles. The fourth-order valence-electron chi connectivity index (χ4n) is 3.38. The van der Waals surface area contributed by atoms with Gasteiger partial charge in [0, 0.05) is 18.9 Å². The molecule has 2 amide bonds. The second-order valence-corrected chi connectivity index (χ2v) is 9.12. The van der Waals surface area contributed by atoms with E-state index in [9.17, 15) is 9.59 Å². The number of rotatable bonds is 6. The zero-order chi connectivity index (χ0) is 20.5. The summed E-state index contributed by atoms with van der Waals surface area (Å²) in [6, 6.07) is 3.03. The Morgan fingerprint density at radius 3 is 2.79 bits per heavy atom. The fraction of sp³-hybridized carbons (Fsp3) is 0.550. The van der Waals surface area contributed by atoms with Crippen molar-refractivity contribution >= 4 is 33.4 Å². The molecular formula is C20H27N3O4S. The molecule has 28 heavy (non-hydrogen) atoms. The van der Waals surface area contributed by atoms with E-state index in [1.54, 1.807) is 11.0 Å². The highest BCUT2D eigenvalue weighted by molar-refractivity contribution is 7.17. The minimum absolute atomic E-state index is 0.0756. The number of aromatic nitrogens is 1. The molecule has 0 spiro atoms. The van der Waals surface area contributed by atoms with Crippen LogP contribution in [0.15, 0.2) is 17.5 Å². The van der Waals surface area contributed by atoms with Gasteiger partial charge in [-0.25, -0.2) is 4.98 Å². The normalized spacial score (nSPS) is 19.8. The molecule has 152 valence electrons. The molecule has 7 nitrogen and oxygen atoms in total. The molecule has 2 aromatic rings. The van der Waals surface area contributed by atoms with Crippen LogP contribution >= 0.6 is 11.3 Å². The highest BCUT2D eigenvalue weighted by Crippen LogP contribution is 2.35. The monoisotopic (exact) mass is 405 g/mol. The van der Waals surface area contributed by atoms with Crippen molar-refractivity contribution < 1.29 is 19.1 Å². The molecule has 3 heterocycles. The van der Waals surface area contributed by atoms with Gasteiger partial charge in [0.2, 0.25) is 17.7 Å². The van der Waals surface area contributed by atoms with Crippen LogP contribution in [-0.4, -0.2) is 47.0 Å². The number of nitrogens with two attached hydrogens (primary N) is 1. The van der Waals surface area contributed by atoms with Gasteiger partial charge in [-0.15, -0.1) is 11.3 Å². The minimum Gasteiger partial charge on any atom is -0.487 e. The number of pyridine rings is 1. The highest BCUT2D eigenvalue weighted by Gasteiger charge is 2.40. The van der Waals surface area contributed by atoms with Crippen molar-refractivity contribution in [3.63, 3.8) is 0 Å². The Kier molecular flexibility index (Phi) is 5.79. The maximum atomic E-state index is 12.7. The summed E-state index contributed by atoms with van der Waals surface area (Å²) in [6.45, 7) is 8.72. The molecule has 3 rings (SSSR count). The third kappa shape index (κ3) is 4.55. The average molecular weight is 406 g/mol. The molecule has 0 saturated carbocycles. The van der Waals surface area contributed by atoms with Crippen LogP contribution in [0.5, 0.6) is 11.6 Å². The molecule has 0 aromatic carbocycles. The summed E-state index contributed by atoms with van der Waals surface area (Å²) in [7, 11) is 0. The highest BCUT2D eigenvalue weighted by atomic mass is 32.1. The number of thiophene rings is 1. The van der Waals surface area contributed by atoms with E-state index in [2.05, 4.69) is 4.98 Å². The number of hydrogen-bond acceptors (Lipinski definition) is 6. The summed E-state index contributed by atoms with van der Waals surface area (Å²) < 4.78 is 12.7. The van der Waals surface area contributed by atoms with E-state index in [4.69, 9.17) is 15.2 Å². The summed E-state index contributed by atoms with van der Waals surface area (Å²) in [5, 5.41) is 1.94. The quantitative estimate of drug-likeness (QED) is 0.797. The summed E-state index contributed by atoms with van der Waals surface area (Å²) >= 11 is 1.53. The molecular weight excluding hydrogens is 378 g/mol. The number of nitrogens with zero attached hydrogens (tertiary/aromatic N) is 2. The number of primary amides is 1. The lowest BCUT2D eigenvalue weighted by molar-refractivity contribution is -0.138. The van der Waals surface area contributed by atoms with Crippen LogP contribution < -0.4 is 15.2 Å². The number of likely N-dealkylation sites (tertiary alicyclic amines) is 1. The Balaban J connectivity index is 1.81. The lowest BCUT2D eigenvalue weighted by Gasteiger charge is -2.26. The first-order valence-electron chi connectivity index (χ1n) is 9.44. The van der Waals surface area contributed by atoms with Crippen LogP contribution in [0, 0.1) is 5.41 Å². The number of hydrogen-bond donors (Lipinski definition) is 1. The van der Waals surface area contributed by atoms with E-state index in [0.717, 1.165) is 10.2 Å². The molecule has 2 aromatic heterocycles. The number of amides is 2. The summed E-state index contributed by atoms with van der Waals surface area (Å²) in [5.74, 6) is 0.572. The molecule has 2 atom stereocenters. The topological polar surface area (TPSA) is 94.8 Å². The van der Waals surface area contributed by atoms with Crippen molar-refractivity contribution in [2.24, 2.45) is 11.1 Å². The van der Waals surface area contributed by atoms with Gasteiger partial charge in [0.25, 0.3) is 0 Å². The van der Waals surface area contributed by atoms with Crippen LogP contribution in [0.2, 0.25) is 0 Å². The zero-order valence-corrected chi connectivity index (χ0v) is 17.5. The van der Waals surface area contributed by atoms with Crippen molar-refractivity contribution in [2.45, 2.75) is 52.7 Å². The molecule has 2 N–H and O–H groups in total. The van der Waals surface area contributed by atoms with Crippen molar-refractivity contribution in [2.75, 3.05) is 13.2 Å². The first-order chi connectivity index (χ1) is 13.2. The van der Waals surface area contributed by atoms with E-state index >= 15 is 0 Å². The van der Waals surface area contributed by atoms with E-state index in [0.29, 0.717) is 37.6 Å². The smallest absolute Gasteiger partial charge is 0.240 e. The Morgan fingerprint density at radius 2 is 2.14 bits per heavy atom. The van der Waals surface area contributed by atoms with Crippen LogP contribution in [0.3, 0.4) is 0 Å². The van der Waals surface area contributed by atoms with Gasteiger partial charge in [-0.1, -0.05) is 20.8 Å². The van der Waals surface area contributed by atoms with Crippen LogP contribution in [0.1, 0.15) is 40.5 Å². The predicted octanol–water partition coefficient (Wildman–Crippen LogP) is 2.96. The van der Waals surface area contributed by atoms with Gasteiger partial charge in [0.15, 0.2) is 0 Å². The maximum Gasteiger partial charge on any atom is 0.240 e. The molecule has 0 radical (unpaired) electrons. The van der Waals surface area contributed by atoms with E-state index < -0.39 is 11.9 Å². The first-order valence-corrected chi connectivity index (χ1v) is 10.3. The Bertz CT molecular complexity index is 874. The largest absolute Gasteiger partial charge is 0.487 e. The Labute approximate surface area is 168 Å². The van der Waals surface area contributed by atoms with Crippen LogP contribution in [0.25, 0.3) is 10.2 Å². The molecule has 0 unspecified atom stereocenters. The predicted molar refractivity (Wildman–Crippen MR) is 109 cm³/mol. The van der Waals surface area contributed by atoms with Gasteiger partial charge in [0.05, 0.1) is 23.4 Å². The number of carbonyl (C=O) groups is 2. The molecule has 1 saturated heterocycles. The Morgan fingerprint density at radius 1 is 1.39 bits per heavy atom. The number of ether oxygens (including phenoxy) is 2. The minimum atomic E-state index is -0.646. The van der Waals surface area contributed by atoms with Crippen molar-refractivity contribution in [1.82, 2.24) is 9.88 Å². The van der Waals surface area contributed by atoms with Crippen molar-refractivity contribution in [3.05, 3.63) is 17.5 Å². The van der Waals surface area contributed by atoms with Crippen molar-refractivity contribution in [3.8, 4) is 11.6 Å². The second kappa shape index (κ2) is 7.95. The van der Waals surface area contributed by atoms with Gasteiger partial charge in [-0.05, 0) is 23.8 Å². The molecule has 0 bridgehead atoms. The van der Waals surface area contributed by atoms with Crippen molar-refractivity contribution in [1.29, 1.82) is 0 Å². The maximum absolute atomic E-state index is 12.7. The summed E-state index contributed by atoms with van der Waals surface area (Å²) in [4.78, 5) is 30.7. The number of fused-ring (bicyclic) bond motifs is 1. The third-order valence-electron chi connectivity index (χ3n) is 4.53. The zero-order valence-electron chi connectivity index (χ0n) is 16.7. The lowest BCUT2D eigenvalue weighted by atomic mass is 9.91. The second-order valence-electron chi connectivity index (χ2n) is 8.20. The molecule has 1 fully saturated rings. The third-order valence-corrected chi connectivity index (χ3v) is 5.45. The van der Waals surface area contributed by atoms with Crippen LogP contribution in [-0.2, 0) is 9.59 Å². The summed E-state index contributed by atoms with van der Waals surface area (Å²) in [5.41, 5.74) is 6.20. The fourth-order valence-corrected chi connectivity index (χ4v) is 4.17. The van der Waals surface area contributed by atoms with Gasteiger partial charge in [-0.3, -0.25) is 9.59 Å². The first kappa shape index (κ1) is 20.4. The van der Waals surface area contributed by atoms with Gasteiger partial charge < -0.3 is 20.1 Å². The van der Waals surface area contributed by atoms with Gasteiger partial charge in [-0.2, -0.15) is 0 Å². The van der Waals surface area contributed by atoms with E-state index in [1.807, 2.05) is 39.1 Å². The average Bonchev–Trinajstić information content (AvgIpc) is 3.20.